The van der Waals surface area contributed by atoms with E-state index in [0.717, 1.165) is 47.7 Å². The molecule has 1 saturated heterocycles. The quantitative estimate of drug-likeness (QED) is 0.689. The van der Waals surface area contributed by atoms with E-state index in [4.69, 9.17) is 9.51 Å². The van der Waals surface area contributed by atoms with E-state index >= 15 is 0 Å². The Labute approximate surface area is 175 Å². The summed E-state index contributed by atoms with van der Waals surface area (Å²) < 4.78 is 5.21. The molecule has 0 saturated carbocycles. The molecule has 1 unspecified atom stereocenters. The van der Waals surface area contributed by atoms with Crippen molar-refractivity contribution in [1.29, 1.82) is 0 Å². The Bertz CT molecular complexity index is 1040. The summed E-state index contributed by atoms with van der Waals surface area (Å²) in [6, 6.07) is 7.69. The first-order valence-electron chi connectivity index (χ1n) is 10.2. The van der Waals surface area contributed by atoms with E-state index in [1.807, 2.05) is 56.9 Å². The first kappa shape index (κ1) is 20.0. The van der Waals surface area contributed by atoms with Gasteiger partial charge < -0.3 is 14.7 Å². The standard InChI is InChI=1S/C22H26N6O2/c1-13-11-14(2)24-22(23-13)26-20-9-5-7-18(25-20)19-8-6-10-28(19)21(29)12-17-15(3)27-30-16(17)4/h5,7,9,11,19H,6,8,10,12H2,1-4H3,(H,23,24,25,26). The minimum absolute atomic E-state index is 0.0418. The van der Waals surface area contributed by atoms with Crippen LogP contribution in [0, 0.1) is 27.7 Å². The van der Waals surface area contributed by atoms with Gasteiger partial charge in [0, 0.05) is 23.5 Å². The maximum absolute atomic E-state index is 13.0. The van der Waals surface area contributed by atoms with Crippen LogP contribution in [0.15, 0.2) is 28.8 Å². The molecule has 8 heteroatoms. The van der Waals surface area contributed by atoms with Crippen molar-refractivity contribution in [2.45, 2.75) is 53.0 Å². The van der Waals surface area contributed by atoms with Crippen LogP contribution in [0.4, 0.5) is 11.8 Å². The van der Waals surface area contributed by atoms with Gasteiger partial charge in [0.2, 0.25) is 11.9 Å². The third kappa shape index (κ3) is 4.17. The van der Waals surface area contributed by atoms with Gasteiger partial charge in [0.05, 0.1) is 23.9 Å². The van der Waals surface area contributed by atoms with Gasteiger partial charge in [-0.05, 0) is 58.7 Å². The molecular weight excluding hydrogens is 380 g/mol. The van der Waals surface area contributed by atoms with Gasteiger partial charge in [-0.2, -0.15) is 0 Å². The van der Waals surface area contributed by atoms with E-state index in [2.05, 4.69) is 20.4 Å². The number of nitrogens with zero attached hydrogens (tertiary/aromatic N) is 5. The number of carbonyl (C=O) groups is 1. The van der Waals surface area contributed by atoms with Gasteiger partial charge >= 0.3 is 0 Å². The van der Waals surface area contributed by atoms with Gasteiger partial charge in [-0.15, -0.1) is 0 Å². The molecule has 3 aromatic heterocycles. The predicted molar refractivity (Wildman–Crippen MR) is 112 cm³/mol. The highest BCUT2D eigenvalue weighted by Crippen LogP contribution is 2.32. The summed E-state index contributed by atoms with van der Waals surface area (Å²) in [5.74, 6) is 1.97. The van der Waals surface area contributed by atoms with Crippen LogP contribution in [-0.2, 0) is 11.2 Å². The SMILES string of the molecule is Cc1cc(C)nc(Nc2cccc(C3CCCN3C(=O)Cc3c(C)noc3C)n2)n1. The molecule has 8 nitrogen and oxygen atoms in total. The first-order chi connectivity index (χ1) is 14.4. The molecule has 1 N–H and O–H groups in total. The molecule has 1 fully saturated rings. The molecule has 1 aliphatic heterocycles. The topological polar surface area (TPSA) is 97.0 Å². The number of likely N-dealkylation sites (tertiary alicyclic amines) is 1. The zero-order valence-corrected chi connectivity index (χ0v) is 17.8. The van der Waals surface area contributed by atoms with Gasteiger partial charge in [-0.3, -0.25) is 4.79 Å². The van der Waals surface area contributed by atoms with E-state index in [9.17, 15) is 4.79 Å². The Morgan fingerprint density at radius 3 is 2.63 bits per heavy atom. The Kier molecular flexibility index (Phi) is 5.48. The normalized spacial score (nSPS) is 16.1. The van der Waals surface area contributed by atoms with Crippen molar-refractivity contribution < 1.29 is 9.32 Å². The minimum atomic E-state index is -0.0418. The lowest BCUT2D eigenvalue weighted by atomic mass is 10.1. The Morgan fingerprint density at radius 1 is 1.17 bits per heavy atom. The number of rotatable bonds is 5. The molecule has 4 heterocycles. The highest BCUT2D eigenvalue weighted by Gasteiger charge is 2.31. The van der Waals surface area contributed by atoms with Crippen molar-refractivity contribution in [2.24, 2.45) is 0 Å². The number of amides is 1. The van der Waals surface area contributed by atoms with Crippen molar-refractivity contribution in [2.75, 3.05) is 11.9 Å². The van der Waals surface area contributed by atoms with Crippen molar-refractivity contribution in [3.63, 3.8) is 0 Å². The fraction of sp³-hybridized carbons (Fsp3) is 0.409. The number of aromatic nitrogens is 4. The summed E-state index contributed by atoms with van der Waals surface area (Å²) in [5, 5.41) is 7.15. The lowest BCUT2D eigenvalue weighted by Gasteiger charge is -2.24. The maximum Gasteiger partial charge on any atom is 0.228 e. The number of anilines is 2. The van der Waals surface area contributed by atoms with Crippen molar-refractivity contribution in [3.05, 3.63) is 58.4 Å². The first-order valence-corrected chi connectivity index (χ1v) is 10.2. The highest BCUT2D eigenvalue weighted by atomic mass is 16.5. The second-order valence-electron chi connectivity index (χ2n) is 7.77. The smallest absolute Gasteiger partial charge is 0.228 e. The lowest BCUT2D eigenvalue weighted by Crippen LogP contribution is -2.32. The van der Waals surface area contributed by atoms with Gasteiger partial charge in [-0.25, -0.2) is 15.0 Å². The van der Waals surface area contributed by atoms with Gasteiger partial charge in [0.25, 0.3) is 0 Å². The number of hydrogen-bond donors (Lipinski definition) is 1. The molecule has 1 atom stereocenters. The van der Waals surface area contributed by atoms with Crippen LogP contribution in [-0.4, -0.2) is 37.5 Å². The molecule has 1 amide bonds. The van der Waals surface area contributed by atoms with Crippen LogP contribution in [0.1, 0.15) is 53.0 Å². The van der Waals surface area contributed by atoms with Crippen LogP contribution >= 0.6 is 0 Å². The van der Waals surface area contributed by atoms with Crippen molar-refractivity contribution in [1.82, 2.24) is 25.0 Å². The number of nitrogens with one attached hydrogen (secondary N) is 1. The monoisotopic (exact) mass is 406 g/mol. The van der Waals surface area contributed by atoms with E-state index < -0.39 is 0 Å². The van der Waals surface area contributed by atoms with E-state index in [1.54, 1.807) is 0 Å². The summed E-state index contributed by atoms with van der Waals surface area (Å²) in [5.41, 5.74) is 4.31. The summed E-state index contributed by atoms with van der Waals surface area (Å²) >= 11 is 0. The van der Waals surface area contributed by atoms with Gasteiger partial charge in [0.1, 0.15) is 11.6 Å². The molecular formula is C22H26N6O2. The molecule has 0 aromatic carbocycles. The molecule has 30 heavy (non-hydrogen) atoms. The van der Waals surface area contributed by atoms with E-state index in [-0.39, 0.29) is 11.9 Å². The lowest BCUT2D eigenvalue weighted by molar-refractivity contribution is -0.131. The number of carbonyl (C=O) groups excluding carboxylic acids is 1. The predicted octanol–water partition coefficient (Wildman–Crippen LogP) is 3.74. The van der Waals surface area contributed by atoms with Crippen molar-refractivity contribution >= 4 is 17.7 Å². The molecule has 0 aliphatic carbocycles. The average Bonchev–Trinajstić information content (AvgIpc) is 3.30. The molecule has 0 spiro atoms. The molecule has 0 radical (unpaired) electrons. The van der Waals surface area contributed by atoms with Gasteiger partial charge in [-0.1, -0.05) is 11.2 Å². The maximum atomic E-state index is 13.0. The second kappa shape index (κ2) is 8.22. The average molecular weight is 406 g/mol. The third-order valence-corrected chi connectivity index (χ3v) is 5.42. The largest absolute Gasteiger partial charge is 0.361 e. The van der Waals surface area contributed by atoms with Crippen LogP contribution < -0.4 is 5.32 Å². The van der Waals surface area contributed by atoms with Crippen molar-refractivity contribution in [3.8, 4) is 0 Å². The molecule has 0 bridgehead atoms. The van der Waals surface area contributed by atoms with Crippen LogP contribution in [0.5, 0.6) is 0 Å². The Balaban J connectivity index is 1.52. The summed E-state index contributed by atoms with van der Waals surface area (Å²) in [6.45, 7) is 8.31. The highest BCUT2D eigenvalue weighted by molar-refractivity contribution is 5.80. The molecule has 4 rings (SSSR count). The zero-order valence-electron chi connectivity index (χ0n) is 17.8. The van der Waals surface area contributed by atoms with E-state index in [0.29, 0.717) is 23.9 Å². The number of pyridine rings is 1. The molecule has 156 valence electrons. The molecule has 1 aliphatic rings. The zero-order chi connectivity index (χ0) is 21.3. The van der Waals surface area contributed by atoms with Crippen LogP contribution in [0.3, 0.4) is 0 Å². The summed E-state index contributed by atoms with van der Waals surface area (Å²) in [6.07, 6.45) is 2.15. The van der Waals surface area contributed by atoms with Crippen LogP contribution in [0.25, 0.3) is 0 Å². The Morgan fingerprint density at radius 2 is 1.93 bits per heavy atom. The fourth-order valence-corrected chi connectivity index (χ4v) is 3.98. The third-order valence-electron chi connectivity index (χ3n) is 5.42. The van der Waals surface area contributed by atoms with Crippen LogP contribution in [0.2, 0.25) is 0 Å². The van der Waals surface area contributed by atoms with Gasteiger partial charge in [0.15, 0.2) is 0 Å². The second-order valence-corrected chi connectivity index (χ2v) is 7.77. The number of aryl methyl sites for hydroxylation is 4. The summed E-state index contributed by atoms with van der Waals surface area (Å²) in [7, 11) is 0. The number of hydrogen-bond acceptors (Lipinski definition) is 7. The fourth-order valence-electron chi connectivity index (χ4n) is 3.98. The van der Waals surface area contributed by atoms with E-state index in [1.165, 1.54) is 0 Å². The Hall–Kier alpha value is -3.29. The molecule has 3 aromatic rings. The minimum Gasteiger partial charge on any atom is -0.361 e. The summed E-state index contributed by atoms with van der Waals surface area (Å²) in [4.78, 5) is 28.6.